The van der Waals surface area contributed by atoms with E-state index in [2.05, 4.69) is 57.3 Å². The van der Waals surface area contributed by atoms with Crippen LogP contribution in [0.4, 0.5) is 0 Å². The highest BCUT2D eigenvalue weighted by molar-refractivity contribution is 7.11. The second-order valence-electron chi connectivity index (χ2n) is 8.35. The van der Waals surface area contributed by atoms with Crippen LogP contribution in [-0.2, 0) is 22.0 Å². The van der Waals surface area contributed by atoms with Gasteiger partial charge in [-0.1, -0.05) is 45.9 Å². The largest absolute Gasteiger partial charge is 0.478 e. The van der Waals surface area contributed by atoms with Gasteiger partial charge in [-0.05, 0) is 69.9 Å². The van der Waals surface area contributed by atoms with E-state index in [1.807, 2.05) is 0 Å². The first-order valence-electron chi connectivity index (χ1n) is 8.80. The minimum absolute atomic E-state index is 0.227. The van der Waals surface area contributed by atoms with E-state index in [0.29, 0.717) is 0 Å². The molecule has 1 N–H and O–H groups in total. The Balaban J connectivity index is 1.87. The second-order valence-corrected chi connectivity index (χ2v) is 9.30. The molecule has 0 saturated carbocycles. The molecular formula is C22H26O2S. The van der Waals surface area contributed by atoms with Crippen molar-refractivity contribution in [2.45, 2.75) is 57.8 Å². The van der Waals surface area contributed by atoms with Crippen molar-refractivity contribution in [2.24, 2.45) is 0 Å². The van der Waals surface area contributed by atoms with E-state index < -0.39 is 5.97 Å². The molecule has 0 saturated heterocycles. The van der Waals surface area contributed by atoms with Crippen molar-refractivity contribution in [1.29, 1.82) is 0 Å². The minimum atomic E-state index is -0.908. The van der Waals surface area contributed by atoms with Gasteiger partial charge >= 0.3 is 5.97 Å². The number of hydrogen-bond acceptors (Lipinski definition) is 2. The van der Waals surface area contributed by atoms with Crippen molar-refractivity contribution in [3.63, 3.8) is 0 Å². The molecule has 0 aliphatic heterocycles. The molecule has 0 fully saturated rings. The minimum Gasteiger partial charge on any atom is -0.478 e. The van der Waals surface area contributed by atoms with Crippen LogP contribution in [0, 0.1) is 0 Å². The third-order valence-electron chi connectivity index (χ3n) is 5.39. The Hall–Kier alpha value is -1.87. The first-order valence-corrected chi connectivity index (χ1v) is 9.68. The SMILES string of the molecule is CC1(C)CCC(C)(C)c2cc(Cc3csc(C=CC(=O)O)c3)ccc21. The number of aliphatic carboxylic acids is 1. The van der Waals surface area contributed by atoms with Crippen molar-refractivity contribution in [2.75, 3.05) is 0 Å². The molecule has 0 radical (unpaired) electrons. The van der Waals surface area contributed by atoms with E-state index in [-0.39, 0.29) is 10.8 Å². The summed E-state index contributed by atoms with van der Waals surface area (Å²) in [4.78, 5) is 11.6. The molecule has 1 aromatic heterocycles. The van der Waals surface area contributed by atoms with Crippen molar-refractivity contribution in [3.8, 4) is 0 Å². The van der Waals surface area contributed by atoms with Gasteiger partial charge < -0.3 is 5.11 Å². The van der Waals surface area contributed by atoms with Crippen LogP contribution in [0.2, 0.25) is 0 Å². The zero-order chi connectivity index (χ0) is 18.2. The smallest absolute Gasteiger partial charge is 0.328 e. The van der Waals surface area contributed by atoms with Gasteiger partial charge in [-0.3, -0.25) is 0 Å². The topological polar surface area (TPSA) is 37.3 Å². The summed E-state index contributed by atoms with van der Waals surface area (Å²) in [5.41, 5.74) is 6.02. The fourth-order valence-electron chi connectivity index (χ4n) is 3.71. The van der Waals surface area contributed by atoms with Gasteiger partial charge in [-0.15, -0.1) is 11.3 Å². The van der Waals surface area contributed by atoms with E-state index in [4.69, 9.17) is 5.11 Å². The van der Waals surface area contributed by atoms with Crippen molar-refractivity contribution in [3.05, 3.63) is 62.9 Å². The van der Waals surface area contributed by atoms with E-state index in [1.165, 1.54) is 41.2 Å². The molecule has 25 heavy (non-hydrogen) atoms. The Morgan fingerprint density at radius 2 is 1.76 bits per heavy atom. The quantitative estimate of drug-likeness (QED) is 0.706. The summed E-state index contributed by atoms with van der Waals surface area (Å²) >= 11 is 1.59. The van der Waals surface area contributed by atoms with Gasteiger partial charge in [0.1, 0.15) is 0 Å². The molecular weight excluding hydrogens is 328 g/mol. The Morgan fingerprint density at radius 1 is 1.08 bits per heavy atom. The summed E-state index contributed by atoms with van der Waals surface area (Å²) in [6.45, 7) is 9.40. The zero-order valence-electron chi connectivity index (χ0n) is 15.4. The van der Waals surface area contributed by atoms with Crippen molar-refractivity contribution < 1.29 is 9.90 Å². The lowest BCUT2D eigenvalue weighted by Gasteiger charge is -2.42. The molecule has 1 aromatic carbocycles. The van der Waals surface area contributed by atoms with Crippen molar-refractivity contribution in [1.82, 2.24) is 0 Å². The lowest BCUT2D eigenvalue weighted by molar-refractivity contribution is -0.131. The van der Waals surface area contributed by atoms with Gasteiger partial charge in [-0.2, -0.15) is 0 Å². The van der Waals surface area contributed by atoms with Gasteiger partial charge in [0.15, 0.2) is 0 Å². The number of hydrogen-bond donors (Lipinski definition) is 1. The summed E-state index contributed by atoms with van der Waals surface area (Å²) in [6.07, 6.45) is 6.20. The highest BCUT2D eigenvalue weighted by atomic mass is 32.1. The van der Waals surface area contributed by atoms with Gasteiger partial charge in [0.05, 0.1) is 0 Å². The monoisotopic (exact) mass is 354 g/mol. The number of carboxylic acid groups (broad SMARTS) is 1. The van der Waals surface area contributed by atoms with Crippen LogP contribution in [0.1, 0.15) is 67.7 Å². The molecule has 2 aromatic rings. The van der Waals surface area contributed by atoms with Crippen LogP contribution in [0.3, 0.4) is 0 Å². The third kappa shape index (κ3) is 3.87. The molecule has 132 valence electrons. The molecule has 1 heterocycles. The number of rotatable bonds is 4. The molecule has 1 aliphatic carbocycles. The molecule has 3 heteroatoms. The van der Waals surface area contributed by atoms with Crippen LogP contribution in [0.5, 0.6) is 0 Å². The standard InChI is InChI=1S/C22H26O2S/c1-21(2)9-10-22(3,4)19-13-15(5-7-18(19)21)11-16-12-17(25-14-16)6-8-20(23)24/h5-8,12-14H,9-11H2,1-4H3,(H,23,24). The predicted octanol–water partition coefficient (Wildman–Crippen LogP) is 5.79. The van der Waals surface area contributed by atoms with E-state index in [0.717, 1.165) is 11.3 Å². The Bertz CT molecular complexity index is 824. The molecule has 0 spiro atoms. The number of fused-ring (bicyclic) bond motifs is 1. The summed E-state index contributed by atoms with van der Waals surface area (Å²) in [5.74, 6) is -0.908. The highest BCUT2D eigenvalue weighted by Crippen LogP contribution is 2.46. The van der Waals surface area contributed by atoms with Crippen LogP contribution in [0.15, 0.2) is 35.7 Å². The fraction of sp³-hybridized carbons (Fsp3) is 0.409. The number of benzene rings is 1. The summed E-state index contributed by atoms with van der Waals surface area (Å²) in [5, 5.41) is 10.9. The normalized spacial score (nSPS) is 18.2. The lowest BCUT2D eigenvalue weighted by atomic mass is 9.63. The molecule has 3 rings (SSSR count). The second kappa shape index (κ2) is 6.45. The van der Waals surface area contributed by atoms with E-state index >= 15 is 0 Å². The zero-order valence-corrected chi connectivity index (χ0v) is 16.2. The summed E-state index contributed by atoms with van der Waals surface area (Å²) < 4.78 is 0. The van der Waals surface area contributed by atoms with Gasteiger partial charge in [0.2, 0.25) is 0 Å². The van der Waals surface area contributed by atoms with Gasteiger partial charge in [-0.25, -0.2) is 4.79 Å². The summed E-state index contributed by atoms with van der Waals surface area (Å²) in [7, 11) is 0. The molecule has 1 aliphatic rings. The van der Waals surface area contributed by atoms with E-state index in [9.17, 15) is 4.79 Å². The molecule has 0 atom stereocenters. The maximum atomic E-state index is 10.6. The molecule has 2 nitrogen and oxygen atoms in total. The molecule has 0 bridgehead atoms. The Kier molecular flexibility index (Phi) is 4.63. The third-order valence-corrected chi connectivity index (χ3v) is 6.34. The lowest BCUT2D eigenvalue weighted by Crippen LogP contribution is -2.33. The first-order chi connectivity index (χ1) is 11.7. The average molecular weight is 355 g/mol. The van der Waals surface area contributed by atoms with Crippen LogP contribution < -0.4 is 0 Å². The van der Waals surface area contributed by atoms with Crippen LogP contribution in [-0.4, -0.2) is 11.1 Å². The first kappa shape index (κ1) is 17.9. The maximum absolute atomic E-state index is 10.6. The Morgan fingerprint density at radius 3 is 2.44 bits per heavy atom. The number of carbonyl (C=O) groups is 1. The summed E-state index contributed by atoms with van der Waals surface area (Å²) in [6, 6.07) is 9.05. The van der Waals surface area contributed by atoms with Crippen LogP contribution >= 0.6 is 11.3 Å². The number of carboxylic acids is 1. The average Bonchev–Trinajstić information content (AvgIpc) is 2.97. The predicted molar refractivity (Wildman–Crippen MR) is 106 cm³/mol. The highest BCUT2D eigenvalue weighted by Gasteiger charge is 2.36. The van der Waals surface area contributed by atoms with Gasteiger partial charge in [0.25, 0.3) is 0 Å². The maximum Gasteiger partial charge on any atom is 0.328 e. The molecule has 0 amide bonds. The fourth-order valence-corrected chi connectivity index (χ4v) is 4.51. The Labute approximate surface area is 154 Å². The molecule has 0 unspecified atom stereocenters. The van der Waals surface area contributed by atoms with Gasteiger partial charge in [0, 0.05) is 11.0 Å². The number of thiophene rings is 1. The van der Waals surface area contributed by atoms with Crippen LogP contribution in [0.25, 0.3) is 6.08 Å². The van der Waals surface area contributed by atoms with Crippen molar-refractivity contribution >= 4 is 23.4 Å². The van der Waals surface area contributed by atoms with E-state index in [1.54, 1.807) is 17.4 Å².